The Labute approximate surface area is 119 Å². The van der Waals surface area contributed by atoms with Crippen molar-refractivity contribution in [2.75, 3.05) is 0 Å². The molecule has 0 aliphatic heterocycles. The lowest BCUT2D eigenvalue weighted by atomic mass is 9.69. The van der Waals surface area contributed by atoms with Gasteiger partial charge in [-0.25, -0.2) is 0 Å². The fourth-order valence-corrected chi connectivity index (χ4v) is 4.94. The van der Waals surface area contributed by atoms with Crippen LogP contribution in [0.1, 0.15) is 44.9 Å². The van der Waals surface area contributed by atoms with Crippen LogP contribution in [-0.4, -0.2) is 11.9 Å². The van der Waals surface area contributed by atoms with E-state index in [1.165, 1.54) is 19.3 Å². The van der Waals surface area contributed by atoms with Crippen molar-refractivity contribution in [1.29, 1.82) is 0 Å². The van der Waals surface area contributed by atoms with E-state index in [1.807, 2.05) is 17.5 Å². The molecule has 2 aliphatic rings. The second kappa shape index (κ2) is 4.34. The monoisotopic (exact) mass is 277 g/mol. The Kier molecular flexibility index (Phi) is 3.01. The van der Waals surface area contributed by atoms with E-state index in [9.17, 15) is 4.79 Å². The van der Waals surface area contributed by atoms with Crippen LogP contribution in [0.3, 0.4) is 0 Å². The van der Waals surface area contributed by atoms with Crippen molar-refractivity contribution >= 4 is 17.2 Å². The van der Waals surface area contributed by atoms with Gasteiger partial charge in [0.05, 0.1) is 6.42 Å². The van der Waals surface area contributed by atoms with E-state index in [-0.39, 0.29) is 11.3 Å². The summed E-state index contributed by atoms with van der Waals surface area (Å²) in [5.41, 5.74) is 0.649. The predicted octanol–water partition coefficient (Wildman–Crippen LogP) is 3.62. The molecule has 0 radical (unpaired) electrons. The van der Waals surface area contributed by atoms with E-state index >= 15 is 0 Å². The maximum atomic E-state index is 12.2. The highest BCUT2D eigenvalue weighted by atomic mass is 32.1. The van der Waals surface area contributed by atoms with Gasteiger partial charge in [0, 0.05) is 10.9 Å². The third-order valence-electron chi connectivity index (χ3n) is 6.04. The third kappa shape index (κ3) is 1.94. The first kappa shape index (κ1) is 13.2. The average molecular weight is 277 g/mol. The van der Waals surface area contributed by atoms with Crippen LogP contribution < -0.4 is 5.32 Å². The minimum absolute atomic E-state index is 0.192. The third-order valence-corrected chi connectivity index (χ3v) is 6.92. The van der Waals surface area contributed by atoms with Gasteiger partial charge in [-0.05, 0) is 47.5 Å². The maximum absolute atomic E-state index is 12.2. The Morgan fingerprint density at radius 2 is 2.26 bits per heavy atom. The molecule has 3 atom stereocenters. The fraction of sp³-hybridized carbons (Fsp3) is 0.688. The molecule has 2 bridgehead atoms. The quantitative estimate of drug-likeness (QED) is 0.898. The van der Waals surface area contributed by atoms with Crippen LogP contribution in [0.5, 0.6) is 0 Å². The van der Waals surface area contributed by atoms with Crippen LogP contribution in [-0.2, 0) is 11.2 Å². The molecule has 0 saturated heterocycles. The largest absolute Gasteiger partial charge is 0.352 e. The SMILES string of the molecule is CC1(C)C2CCC1(C)C(NC(=O)Cc1cccs1)C2. The molecular weight excluding hydrogens is 254 g/mol. The van der Waals surface area contributed by atoms with Crippen LogP contribution in [0.15, 0.2) is 17.5 Å². The van der Waals surface area contributed by atoms with Gasteiger partial charge < -0.3 is 5.32 Å². The number of nitrogens with one attached hydrogen (secondary N) is 1. The molecule has 3 unspecified atom stereocenters. The van der Waals surface area contributed by atoms with E-state index in [1.54, 1.807) is 11.3 Å². The molecule has 3 heteroatoms. The Bertz CT molecular complexity index is 479. The number of carbonyl (C=O) groups excluding carboxylic acids is 1. The van der Waals surface area contributed by atoms with Crippen LogP contribution in [0.4, 0.5) is 0 Å². The summed E-state index contributed by atoms with van der Waals surface area (Å²) in [6.07, 6.45) is 4.30. The lowest BCUT2D eigenvalue weighted by Crippen LogP contribution is -2.47. The predicted molar refractivity (Wildman–Crippen MR) is 79.2 cm³/mol. The normalized spacial score (nSPS) is 35.5. The summed E-state index contributed by atoms with van der Waals surface area (Å²) in [5, 5.41) is 5.34. The molecule has 1 N–H and O–H groups in total. The summed E-state index contributed by atoms with van der Waals surface area (Å²) in [6, 6.07) is 4.42. The molecule has 2 fully saturated rings. The number of carbonyl (C=O) groups is 1. The van der Waals surface area contributed by atoms with Crippen molar-refractivity contribution in [2.45, 2.75) is 52.5 Å². The highest BCUT2D eigenvalue weighted by molar-refractivity contribution is 7.10. The maximum Gasteiger partial charge on any atom is 0.225 e. The summed E-state index contributed by atoms with van der Waals surface area (Å²) < 4.78 is 0. The molecule has 2 saturated carbocycles. The number of hydrogen-bond acceptors (Lipinski definition) is 2. The van der Waals surface area contributed by atoms with E-state index in [0.717, 1.165) is 10.8 Å². The van der Waals surface area contributed by atoms with Gasteiger partial charge in [-0.2, -0.15) is 0 Å². The topological polar surface area (TPSA) is 29.1 Å². The lowest BCUT2D eigenvalue weighted by Gasteiger charge is -2.39. The molecule has 3 rings (SSSR count). The molecular formula is C16H23NOS. The highest BCUT2D eigenvalue weighted by Gasteiger charge is 2.61. The van der Waals surface area contributed by atoms with Gasteiger partial charge in [0.25, 0.3) is 0 Å². The minimum Gasteiger partial charge on any atom is -0.352 e. The Morgan fingerprint density at radius 1 is 1.47 bits per heavy atom. The molecule has 2 aliphatic carbocycles. The van der Waals surface area contributed by atoms with Crippen LogP contribution in [0, 0.1) is 16.7 Å². The van der Waals surface area contributed by atoms with Crippen molar-refractivity contribution in [3.8, 4) is 0 Å². The lowest BCUT2D eigenvalue weighted by molar-refractivity contribution is -0.122. The Balaban J connectivity index is 1.67. The van der Waals surface area contributed by atoms with Crippen molar-refractivity contribution in [3.05, 3.63) is 22.4 Å². The summed E-state index contributed by atoms with van der Waals surface area (Å²) in [7, 11) is 0. The zero-order valence-corrected chi connectivity index (χ0v) is 12.8. The standard InChI is InChI=1S/C16H23NOS/c1-15(2)11-6-7-16(15,3)13(9-11)17-14(18)10-12-5-4-8-19-12/h4-5,8,11,13H,6-7,9-10H2,1-3H3,(H,17,18). The molecule has 2 nitrogen and oxygen atoms in total. The first-order chi connectivity index (χ1) is 8.93. The summed E-state index contributed by atoms with van der Waals surface area (Å²) in [4.78, 5) is 13.3. The number of hydrogen-bond donors (Lipinski definition) is 1. The highest BCUT2D eigenvalue weighted by Crippen LogP contribution is 2.65. The van der Waals surface area contributed by atoms with Crippen molar-refractivity contribution in [2.24, 2.45) is 16.7 Å². The zero-order valence-electron chi connectivity index (χ0n) is 12.0. The zero-order chi connectivity index (χ0) is 13.7. The second-order valence-corrected chi connectivity index (χ2v) is 8.02. The van der Waals surface area contributed by atoms with Gasteiger partial charge in [0.2, 0.25) is 5.91 Å². The number of thiophene rings is 1. The van der Waals surface area contributed by atoms with Crippen LogP contribution in [0.2, 0.25) is 0 Å². The summed E-state index contributed by atoms with van der Waals surface area (Å²) in [5.74, 6) is 0.974. The van der Waals surface area contributed by atoms with Crippen molar-refractivity contribution in [3.63, 3.8) is 0 Å². The summed E-state index contributed by atoms with van der Waals surface area (Å²) >= 11 is 1.66. The number of fused-ring (bicyclic) bond motifs is 2. The van der Waals surface area contributed by atoms with Crippen molar-refractivity contribution in [1.82, 2.24) is 5.32 Å². The van der Waals surface area contributed by atoms with Gasteiger partial charge >= 0.3 is 0 Å². The van der Waals surface area contributed by atoms with E-state index < -0.39 is 0 Å². The number of amides is 1. The first-order valence-corrected chi connectivity index (χ1v) is 8.13. The van der Waals surface area contributed by atoms with Gasteiger partial charge in [-0.3, -0.25) is 4.79 Å². The first-order valence-electron chi connectivity index (χ1n) is 7.25. The average Bonchev–Trinajstić information content (AvgIpc) is 2.95. The van der Waals surface area contributed by atoms with Crippen LogP contribution >= 0.6 is 11.3 Å². The van der Waals surface area contributed by atoms with Gasteiger partial charge in [0.15, 0.2) is 0 Å². The molecule has 0 spiro atoms. The Morgan fingerprint density at radius 3 is 2.79 bits per heavy atom. The van der Waals surface area contributed by atoms with E-state index in [4.69, 9.17) is 0 Å². The minimum atomic E-state index is 0.192. The van der Waals surface area contributed by atoms with Gasteiger partial charge in [-0.1, -0.05) is 26.8 Å². The van der Waals surface area contributed by atoms with E-state index in [2.05, 4.69) is 26.1 Å². The van der Waals surface area contributed by atoms with Gasteiger partial charge in [0.1, 0.15) is 0 Å². The Hall–Kier alpha value is -0.830. The number of rotatable bonds is 3. The summed E-state index contributed by atoms with van der Waals surface area (Å²) in [6.45, 7) is 7.14. The van der Waals surface area contributed by atoms with Crippen molar-refractivity contribution < 1.29 is 4.79 Å². The molecule has 1 aromatic rings. The smallest absolute Gasteiger partial charge is 0.225 e. The van der Waals surface area contributed by atoms with E-state index in [0.29, 0.717) is 17.9 Å². The molecule has 104 valence electrons. The molecule has 1 aromatic heterocycles. The molecule has 1 heterocycles. The molecule has 19 heavy (non-hydrogen) atoms. The second-order valence-electron chi connectivity index (χ2n) is 6.99. The van der Waals surface area contributed by atoms with Gasteiger partial charge in [-0.15, -0.1) is 11.3 Å². The molecule has 1 amide bonds. The molecule has 0 aromatic carbocycles. The fourth-order valence-electron chi connectivity index (χ4n) is 4.24. The van der Waals surface area contributed by atoms with Crippen LogP contribution in [0.25, 0.3) is 0 Å².